The van der Waals surface area contributed by atoms with Crippen LogP contribution >= 0.6 is 0 Å². The third kappa shape index (κ3) is 6.62. The molecule has 0 radical (unpaired) electrons. The normalized spacial score (nSPS) is 18.5. The predicted octanol–water partition coefficient (Wildman–Crippen LogP) is 10.9. The zero-order chi connectivity index (χ0) is 47.8. The average Bonchev–Trinajstić information content (AvgIpc) is 3.33. The van der Waals surface area contributed by atoms with Gasteiger partial charge >= 0.3 is 11.3 Å². The summed E-state index contributed by atoms with van der Waals surface area (Å²) in [7, 11) is -3.00. The molecule has 6 heterocycles. The molecule has 0 N–H and O–H groups in total. The number of benzene rings is 6. The third-order valence-corrected chi connectivity index (χ3v) is 21.9. The van der Waals surface area contributed by atoms with E-state index in [0.717, 1.165) is 84.9 Å². The quantitative estimate of drug-likeness (QED) is 0.0940. The molecule has 69 heavy (non-hydrogen) atoms. The Kier molecular flexibility index (Phi) is 9.70. The highest BCUT2D eigenvalue weighted by atomic mass is 28.3. The first-order chi connectivity index (χ1) is 33.0. The number of fused-ring (bicyclic) bond motifs is 4. The van der Waals surface area contributed by atoms with E-state index in [1.54, 1.807) is 0 Å². The van der Waals surface area contributed by atoms with Gasteiger partial charge in [-0.3, -0.25) is 0 Å². The highest BCUT2D eigenvalue weighted by Gasteiger charge is 2.45. The Morgan fingerprint density at radius 3 is 1.12 bits per heavy atom. The van der Waals surface area contributed by atoms with Crippen molar-refractivity contribution in [2.24, 2.45) is 0 Å². The molecule has 0 amide bonds. The fourth-order valence-corrected chi connectivity index (χ4v) is 17.6. The molecule has 0 bridgehead atoms. The molecule has 348 valence electrons. The SMILES string of the molecule is CC1(C)CCN2CCC(C)(C)c3c2c1cc1cc(-c2ccc([Si](c4ccccc4)(c4ccccc4)c4ccc(-c5cc6cc7c8c(c6oc5=O)C(C)(C)CCN8CCC7(C)C)cc4)cc2)c(=O)oc31. The van der Waals surface area contributed by atoms with Crippen LogP contribution in [0.15, 0.2) is 152 Å². The van der Waals surface area contributed by atoms with Crippen molar-refractivity contribution < 1.29 is 8.83 Å². The van der Waals surface area contributed by atoms with Gasteiger partial charge in [0, 0.05) is 59.5 Å². The minimum absolute atomic E-state index is 0.00982. The molecule has 0 unspecified atom stereocenters. The number of rotatable bonds is 6. The average molecular weight is 927 g/mol. The van der Waals surface area contributed by atoms with Crippen LogP contribution in [0.25, 0.3) is 44.2 Å². The Labute approximate surface area is 406 Å². The van der Waals surface area contributed by atoms with E-state index in [-0.39, 0.29) is 32.9 Å². The highest BCUT2D eigenvalue weighted by Crippen LogP contribution is 2.53. The summed E-state index contributed by atoms with van der Waals surface area (Å²) in [5.41, 5.74) is 11.0. The van der Waals surface area contributed by atoms with Crippen molar-refractivity contribution in [2.75, 3.05) is 36.0 Å². The lowest BCUT2D eigenvalue weighted by molar-refractivity contribution is 0.398. The summed E-state index contributed by atoms with van der Waals surface area (Å²) >= 11 is 0. The van der Waals surface area contributed by atoms with Gasteiger partial charge in [-0.1, -0.05) is 165 Å². The van der Waals surface area contributed by atoms with E-state index in [1.807, 2.05) is 0 Å². The maximum Gasteiger partial charge on any atom is 0.344 e. The Morgan fingerprint density at radius 1 is 0.420 bits per heavy atom. The highest BCUT2D eigenvalue weighted by molar-refractivity contribution is 7.19. The molecule has 2 aromatic heterocycles. The first-order valence-corrected chi connectivity index (χ1v) is 27.1. The molecule has 0 atom stereocenters. The van der Waals surface area contributed by atoms with Crippen LogP contribution in [-0.2, 0) is 21.7 Å². The van der Waals surface area contributed by atoms with Crippen molar-refractivity contribution in [3.8, 4) is 22.3 Å². The van der Waals surface area contributed by atoms with Gasteiger partial charge in [0.25, 0.3) is 0 Å². The summed E-state index contributed by atoms with van der Waals surface area (Å²) in [4.78, 5) is 33.6. The number of hydrogen-bond acceptors (Lipinski definition) is 6. The smallest absolute Gasteiger partial charge is 0.344 e. The lowest BCUT2D eigenvalue weighted by atomic mass is 9.69. The van der Waals surface area contributed by atoms with Crippen molar-refractivity contribution in [1.82, 2.24) is 0 Å². The largest absolute Gasteiger partial charge is 0.422 e. The van der Waals surface area contributed by atoms with Crippen molar-refractivity contribution in [2.45, 2.75) is 103 Å². The maximum atomic E-state index is 14.3. The molecule has 0 saturated carbocycles. The summed E-state index contributed by atoms with van der Waals surface area (Å²) in [6, 6.07) is 47.8. The standard InChI is InChI=1S/C62H62N2O4Si/c1-59(2)27-31-63-33-29-61(5,6)51-53(63)49(59)37-41-35-47(57(65)67-55(41)51)39-19-23-45(24-20-39)69(43-15-11-9-12-16-43,44-17-13-10-14-18-44)46-25-21-40(22-26-46)48-36-42-38-50-54-52(56(42)68-58(48)66)62(7,8)30-34-64(54)32-28-60(50,3)4/h9-26,35-38H,27-34H2,1-8H3. The van der Waals surface area contributed by atoms with Gasteiger partial charge in [0.05, 0.1) is 11.1 Å². The van der Waals surface area contributed by atoms with Crippen LogP contribution in [0.2, 0.25) is 0 Å². The van der Waals surface area contributed by atoms with E-state index in [2.05, 4.69) is 199 Å². The Morgan fingerprint density at radius 2 is 0.754 bits per heavy atom. The van der Waals surface area contributed by atoms with Gasteiger partial charge in [-0.25, -0.2) is 9.59 Å². The fraction of sp³-hybridized carbons (Fsp3) is 0.323. The second kappa shape index (κ2) is 15.3. The molecule has 4 aliphatic heterocycles. The fourth-order valence-electron chi connectivity index (χ4n) is 12.9. The molecule has 8 aromatic rings. The second-order valence-electron chi connectivity index (χ2n) is 23.2. The molecule has 0 spiro atoms. The summed E-state index contributed by atoms with van der Waals surface area (Å²) in [5, 5.41) is 6.82. The predicted molar refractivity (Wildman–Crippen MR) is 288 cm³/mol. The number of anilines is 2. The van der Waals surface area contributed by atoms with Gasteiger partial charge in [-0.15, -0.1) is 0 Å². The first kappa shape index (κ1) is 43.8. The van der Waals surface area contributed by atoms with Crippen LogP contribution < -0.4 is 41.8 Å². The Hall–Kier alpha value is -6.44. The van der Waals surface area contributed by atoms with Gasteiger partial charge < -0.3 is 18.6 Å². The molecule has 0 saturated heterocycles. The van der Waals surface area contributed by atoms with Gasteiger partial charge in [-0.05, 0) is 115 Å². The van der Waals surface area contributed by atoms with E-state index in [0.29, 0.717) is 11.1 Å². The number of hydrogen-bond donors (Lipinski definition) is 0. The summed E-state index contributed by atoms with van der Waals surface area (Å²) in [6.45, 7) is 22.7. The minimum atomic E-state index is -3.00. The van der Waals surface area contributed by atoms with Crippen LogP contribution in [0, 0.1) is 0 Å². The van der Waals surface area contributed by atoms with E-state index in [1.165, 1.54) is 54.4 Å². The first-order valence-electron chi connectivity index (χ1n) is 25.1. The Bertz CT molecular complexity index is 3260. The summed E-state index contributed by atoms with van der Waals surface area (Å²) in [6.07, 6.45) is 4.21. The lowest BCUT2D eigenvalue weighted by Gasteiger charge is -2.48. The molecule has 0 fully saturated rings. The van der Waals surface area contributed by atoms with Crippen LogP contribution in [0.5, 0.6) is 0 Å². The lowest BCUT2D eigenvalue weighted by Crippen LogP contribution is -2.74. The molecular weight excluding hydrogens is 865 g/mol. The third-order valence-electron chi connectivity index (χ3n) is 17.1. The summed E-state index contributed by atoms with van der Waals surface area (Å²) in [5.74, 6) is 0. The van der Waals surface area contributed by atoms with Crippen molar-refractivity contribution >= 4 is 62.1 Å². The van der Waals surface area contributed by atoms with Crippen molar-refractivity contribution in [1.29, 1.82) is 0 Å². The van der Waals surface area contributed by atoms with Crippen LogP contribution in [-0.4, -0.2) is 34.3 Å². The summed E-state index contributed by atoms with van der Waals surface area (Å²) < 4.78 is 12.9. The molecule has 7 heteroatoms. The minimum Gasteiger partial charge on any atom is -0.422 e. The second-order valence-corrected chi connectivity index (χ2v) is 27.0. The molecule has 4 aliphatic rings. The Balaban J connectivity index is 0.991. The maximum absolute atomic E-state index is 14.3. The molecule has 6 aromatic carbocycles. The van der Waals surface area contributed by atoms with Crippen molar-refractivity contribution in [3.05, 3.63) is 177 Å². The zero-order valence-electron chi connectivity index (χ0n) is 41.4. The van der Waals surface area contributed by atoms with E-state index < -0.39 is 8.07 Å². The van der Waals surface area contributed by atoms with E-state index in [9.17, 15) is 9.59 Å². The van der Waals surface area contributed by atoms with Gasteiger partial charge in [0.15, 0.2) is 8.07 Å². The van der Waals surface area contributed by atoms with Gasteiger partial charge in [-0.2, -0.15) is 0 Å². The van der Waals surface area contributed by atoms with Gasteiger partial charge in [0.1, 0.15) is 11.2 Å². The van der Waals surface area contributed by atoms with E-state index >= 15 is 0 Å². The van der Waals surface area contributed by atoms with Crippen molar-refractivity contribution in [3.63, 3.8) is 0 Å². The molecule has 12 rings (SSSR count). The molecule has 6 nitrogen and oxygen atoms in total. The molecule has 0 aliphatic carbocycles. The number of nitrogens with zero attached hydrogens (tertiary/aromatic N) is 2. The monoisotopic (exact) mass is 926 g/mol. The van der Waals surface area contributed by atoms with Crippen LogP contribution in [0.3, 0.4) is 0 Å². The van der Waals surface area contributed by atoms with Crippen LogP contribution in [0.4, 0.5) is 11.4 Å². The zero-order valence-corrected chi connectivity index (χ0v) is 42.4. The molecular formula is C62H62N2O4Si. The van der Waals surface area contributed by atoms with E-state index in [4.69, 9.17) is 8.83 Å². The topological polar surface area (TPSA) is 66.9 Å². The van der Waals surface area contributed by atoms with Gasteiger partial charge in [0.2, 0.25) is 0 Å². The van der Waals surface area contributed by atoms with Crippen LogP contribution in [0.1, 0.15) is 103 Å².